The Balaban J connectivity index is 0.00000341. The summed E-state index contributed by atoms with van der Waals surface area (Å²) in [4.78, 5) is 12.5. The van der Waals surface area contributed by atoms with Crippen LogP contribution >= 0.6 is 35.3 Å². The highest BCUT2D eigenvalue weighted by Gasteiger charge is 2.10. The molecule has 2 N–H and O–H groups in total. The molecule has 0 radical (unpaired) electrons. The molecule has 1 fully saturated rings. The van der Waals surface area contributed by atoms with Crippen molar-refractivity contribution in [2.45, 2.75) is 26.3 Å². The third-order valence-corrected chi connectivity index (χ3v) is 6.14. The topological polar surface area (TPSA) is 71.0 Å². The van der Waals surface area contributed by atoms with Crippen LogP contribution in [0.5, 0.6) is 5.75 Å². The average molecular weight is 560 g/mol. The van der Waals surface area contributed by atoms with E-state index < -0.39 is 0 Å². The van der Waals surface area contributed by atoms with Gasteiger partial charge in [-0.3, -0.25) is 9.89 Å². The average Bonchev–Trinajstić information content (AvgIpc) is 3.25. The third kappa shape index (κ3) is 9.30. The van der Waals surface area contributed by atoms with Gasteiger partial charge in [0.15, 0.2) is 5.96 Å². The molecule has 172 valence electrons. The van der Waals surface area contributed by atoms with E-state index in [9.17, 15) is 0 Å². The third-order valence-electron chi connectivity index (χ3n) is 4.94. The number of rotatable bonds is 10. The lowest BCUT2D eigenvalue weighted by molar-refractivity contribution is 0.0322. The first kappa shape index (κ1) is 25.8. The lowest BCUT2D eigenvalue weighted by Gasteiger charge is -2.26. The van der Waals surface area contributed by atoms with Gasteiger partial charge < -0.3 is 20.1 Å². The molecule has 0 spiro atoms. The van der Waals surface area contributed by atoms with E-state index in [1.54, 1.807) is 18.4 Å². The second-order valence-corrected chi connectivity index (χ2v) is 8.33. The molecule has 1 aromatic heterocycles. The number of morpholine rings is 1. The quantitative estimate of drug-likeness (QED) is 0.265. The van der Waals surface area contributed by atoms with Crippen molar-refractivity contribution >= 4 is 41.3 Å². The largest absolute Gasteiger partial charge is 0.492 e. The van der Waals surface area contributed by atoms with Crippen molar-refractivity contribution in [3.05, 3.63) is 45.9 Å². The van der Waals surface area contributed by atoms with E-state index in [-0.39, 0.29) is 24.0 Å². The number of hydrogen-bond acceptors (Lipinski definition) is 6. The summed E-state index contributed by atoms with van der Waals surface area (Å²) in [6.07, 6.45) is 3.92. The zero-order valence-electron chi connectivity index (χ0n) is 18.4. The first-order valence-electron chi connectivity index (χ1n) is 10.7. The minimum atomic E-state index is 0. The first-order chi connectivity index (χ1) is 14.8. The predicted molar refractivity (Wildman–Crippen MR) is 138 cm³/mol. The number of aryl methyl sites for hydroxylation is 1. The molecule has 9 heteroatoms. The summed E-state index contributed by atoms with van der Waals surface area (Å²) in [5.74, 6) is 1.70. The standard InChI is InChI=1S/C22H33N5O2S.HI/c1-3-20-17-25-21(30-20)7-8-24-22(23-2)26-16-18-5-4-6-19(15-18)29-14-11-27-9-12-28-13-10-27;/h4-6,15,17H,3,7-14,16H2,1-2H3,(H2,23,24,26);1H. The maximum Gasteiger partial charge on any atom is 0.191 e. The molecule has 1 aliphatic rings. The van der Waals surface area contributed by atoms with Gasteiger partial charge in [-0.05, 0) is 24.1 Å². The van der Waals surface area contributed by atoms with Crippen molar-refractivity contribution in [1.82, 2.24) is 20.5 Å². The summed E-state index contributed by atoms with van der Waals surface area (Å²) in [6, 6.07) is 8.22. The number of thiazole rings is 1. The fourth-order valence-electron chi connectivity index (χ4n) is 3.18. The smallest absolute Gasteiger partial charge is 0.191 e. The van der Waals surface area contributed by atoms with Crippen LogP contribution < -0.4 is 15.4 Å². The lowest BCUT2D eigenvalue weighted by atomic mass is 10.2. The molecule has 1 aliphatic heterocycles. The van der Waals surface area contributed by atoms with Gasteiger partial charge in [-0.15, -0.1) is 35.3 Å². The summed E-state index contributed by atoms with van der Waals surface area (Å²) in [5.41, 5.74) is 1.16. The van der Waals surface area contributed by atoms with Gasteiger partial charge in [0, 0.05) is 57.3 Å². The summed E-state index contributed by atoms with van der Waals surface area (Å²) in [7, 11) is 1.79. The van der Waals surface area contributed by atoms with E-state index in [1.165, 1.54) is 4.88 Å². The van der Waals surface area contributed by atoms with Crippen molar-refractivity contribution in [2.24, 2.45) is 4.99 Å². The van der Waals surface area contributed by atoms with Gasteiger partial charge in [0.2, 0.25) is 0 Å². The Morgan fingerprint density at radius 2 is 2.13 bits per heavy atom. The molecule has 7 nitrogen and oxygen atoms in total. The molecule has 0 atom stereocenters. The molecule has 1 saturated heterocycles. The van der Waals surface area contributed by atoms with Crippen LogP contribution in [0.25, 0.3) is 0 Å². The number of nitrogens with one attached hydrogen (secondary N) is 2. The number of guanidine groups is 1. The van der Waals surface area contributed by atoms with Gasteiger partial charge in [-0.2, -0.15) is 0 Å². The maximum atomic E-state index is 5.95. The van der Waals surface area contributed by atoms with E-state index in [1.807, 2.05) is 18.3 Å². The van der Waals surface area contributed by atoms with Crippen LogP contribution in [0.2, 0.25) is 0 Å². The number of benzene rings is 1. The minimum absolute atomic E-state index is 0. The fourth-order valence-corrected chi connectivity index (χ4v) is 4.05. The predicted octanol–water partition coefficient (Wildman–Crippen LogP) is 2.94. The summed E-state index contributed by atoms with van der Waals surface area (Å²) >= 11 is 1.78. The molecule has 2 heterocycles. The monoisotopic (exact) mass is 559 g/mol. The number of aliphatic imine (C=N–C) groups is 1. The molecule has 0 unspecified atom stereocenters. The van der Waals surface area contributed by atoms with Gasteiger partial charge in [0.25, 0.3) is 0 Å². The van der Waals surface area contributed by atoms with Crippen LogP contribution in [0.3, 0.4) is 0 Å². The lowest BCUT2D eigenvalue weighted by Crippen LogP contribution is -2.38. The molecular formula is C22H34IN5O2S. The van der Waals surface area contributed by atoms with Crippen LogP contribution in [-0.4, -0.2) is 68.9 Å². The summed E-state index contributed by atoms with van der Waals surface area (Å²) in [6.45, 7) is 8.89. The molecule has 0 aliphatic carbocycles. The van der Waals surface area contributed by atoms with Gasteiger partial charge >= 0.3 is 0 Å². The molecule has 3 rings (SSSR count). The second kappa shape index (κ2) is 14.6. The van der Waals surface area contributed by atoms with Crippen LogP contribution in [0, 0.1) is 0 Å². The zero-order chi connectivity index (χ0) is 21.0. The van der Waals surface area contributed by atoms with E-state index in [0.29, 0.717) is 13.2 Å². The highest BCUT2D eigenvalue weighted by molar-refractivity contribution is 14.0. The zero-order valence-corrected chi connectivity index (χ0v) is 21.6. The Morgan fingerprint density at radius 3 is 2.87 bits per heavy atom. The van der Waals surface area contributed by atoms with Gasteiger partial charge in [0.1, 0.15) is 12.4 Å². The number of nitrogens with zero attached hydrogens (tertiary/aromatic N) is 3. The molecule has 0 bridgehead atoms. The van der Waals surface area contributed by atoms with Gasteiger partial charge in [0.05, 0.1) is 18.2 Å². The molecule has 31 heavy (non-hydrogen) atoms. The van der Waals surface area contributed by atoms with Crippen LogP contribution in [0.4, 0.5) is 0 Å². The Labute approximate surface area is 206 Å². The van der Waals surface area contributed by atoms with Crippen molar-refractivity contribution < 1.29 is 9.47 Å². The van der Waals surface area contributed by atoms with Gasteiger partial charge in [-0.25, -0.2) is 4.98 Å². The normalized spacial score (nSPS) is 14.7. The molecule has 2 aromatic rings. The molecule has 1 aromatic carbocycles. The van der Waals surface area contributed by atoms with Crippen LogP contribution in [0.15, 0.2) is 35.5 Å². The molecule has 0 saturated carbocycles. The van der Waals surface area contributed by atoms with Crippen molar-refractivity contribution in [1.29, 1.82) is 0 Å². The minimum Gasteiger partial charge on any atom is -0.492 e. The highest BCUT2D eigenvalue weighted by atomic mass is 127. The number of ether oxygens (including phenoxy) is 2. The fraction of sp³-hybridized carbons (Fsp3) is 0.545. The van der Waals surface area contributed by atoms with E-state index in [0.717, 1.165) is 74.5 Å². The Bertz CT molecular complexity index is 796. The molecular weight excluding hydrogens is 525 g/mol. The van der Waals surface area contributed by atoms with E-state index >= 15 is 0 Å². The van der Waals surface area contributed by atoms with Crippen molar-refractivity contribution in [2.75, 3.05) is 53.0 Å². The van der Waals surface area contributed by atoms with Crippen LogP contribution in [-0.2, 0) is 24.1 Å². The Morgan fingerprint density at radius 1 is 1.29 bits per heavy atom. The maximum absolute atomic E-state index is 5.95. The van der Waals surface area contributed by atoms with Crippen molar-refractivity contribution in [3.63, 3.8) is 0 Å². The van der Waals surface area contributed by atoms with E-state index in [2.05, 4.69) is 44.6 Å². The summed E-state index contributed by atoms with van der Waals surface area (Å²) < 4.78 is 11.3. The second-order valence-electron chi connectivity index (χ2n) is 7.13. The summed E-state index contributed by atoms with van der Waals surface area (Å²) in [5, 5.41) is 7.89. The first-order valence-corrected chi connectivity index (χ1v) is 11.5. The van der Waals surface area contributed by atoms with E-state index in [4.69, 9.17) is 9.47 Å². The van der Waals surface area contributed by atoms with Gasteiger partial charge in [-0.1, -0.05) is 19.1 Å². The Kier molecular flexibility index (Phi) is 12.2. The van der Waals surface area contributed by atoms with Crippen molar-refractivity contribution in [3.8, 4) is 5.75 Å². The number of halogens is 1. The Hall–Kier alpha value is -1.43. The molecule has 0 amide bonds. The number of aromatic nitrogens is 1. The SMILES string of the molecule is CCc1cnc(CCNC(=NC)NCc2cccc(OCCN3CCOCC3)c2)s1.I. The number of hydrogen-bond donors (Lipinski definition) is 2. The van der Waals surface area contributed by atoms with Crippen LogP contribution in [0.1, 0.15) is 22.4 Å². The highest BCUT2D eigenvalue weighted by Crippen LogP contribution is 2.14.